The third kappa shape index (κ3) is 5.80. The molecule has 3 rings (SSSR count). The largest absolute Gasteiger partial charge is 0.352 e. The molecule has 0 unspecified atom stereocenters. The Bertz CT molecular complexity index is 742. The van der Waals surface area contributed by atoms with Crippen molar-refractivity contribution in [1.82, 2.24) is 9.62 Å². The minimum absolute atomic E-state index is 0.0575. The molecule has 0 saturated carbocycles. The van der Waals surface area contributed by atoms with E-state index in [-0.39, 0.29) is 11.8 Å². The smallest absolute Gasteiger partial charge is 0.223 e. The van der Waals surface area contributed by atoms with Crippen molar-refractivity contribution in [3.63, 3.8) is 0 Å². The van der Waals surface area contributed by atoms with Crippen LogP contribution in [0.1, 0.15) is 18.4 Å². The summed E-state index contributed by atoms with van der Waals surface area (Å²) in [5.41, 5.74) is 1.05. The number of nitrogens with zero attached hydrogens (tertiary/aromatic N) is 1. The number of hydrogen-bond acceptors (Lipinski definition) is 3. The van der Waals surface area contributed by atoms with E-state index in [0.29, 0.717) is 21.6 Å². The van der Waals surface area contributed by atoms with Gasteiger partial charge in [0.1, 0.15) is 0 Å². The monoisotopic (exact) mass is 428 g/mol. The van der Waals surface area contributed by atoms with E-state index in [2.05, 4.69) is 9.62 Å². The summed E-state index contributed by atoms with van der Waals surface area (Å²) in [6.45, 7) is 2.24. The zero-order chi connectivity index (χ0) is 18.5. The predicted octanol–water partition coefficient (Wildman–Crippen LogP) is 5.68. The van der Waals surface area contributed by atoms with Gasteiger partial charge in [0.25, 0.3) is 0 Å². The van der Waals surface area contributed by atoms with Crippen molar-refractivity contribution in [3.8, 4) is 0 Å². The van der Waals surface area contributed by atoms with Gasteiger partial charge in [-0.3, -0.25) is 4.79 Å². The molecule has 0 radical (unpaired) electrons. The zero-order valence-electron chi connectivity index (χ0n) is 14.1. The summed E-state index contributed by atoms with van der Waals surface area (Å²) in [6.07, 6.45) is 1.68. The van der Waals surface area contributed by atoms with E-state index in [1.807, 2.05) is 36.4 Å². The molecule has 138 valence electrons. The number of nitrogens with one attached hydrogen (secondary N) is 1. The zero-order valence-corrected chi connectivity index (χ0v) is 17.1. The van der Waals surface area contributed by atoms with Crippen molar-refractivity contribution in [2.75, 3.05) is 13.1 Å². The highest BCUT2D eigenvalue weighted by atomic mass is 35.5. The Morgan fingerprint density at radius 3 is 2.23 bits per heavy atom. The highest BCUT2D eigenvalue weighted by Gasteiger charge is 2.25. The molecule has 0 spiro atoms. The lowest BCUT2D eigenvalue weighted by Gasteiger charge is -2.30. The molecule has 2 aromatic rings. The highest BCUT2D eigenvalue weighted by molar-refractivity contribution is 7.97. The summed E-state index contributed by atoms with van der Waals surface area (Å²) in [4.78, 5) is 13.4. The fourth-order valence-corrected chi connectivity index (χ4v) is 4.71. The standard InChI is InChI=1S/C19H19Cl3N2OS/c20-15-3-1-13(2-4-15)12-23-19(25)14-5-7-24(8-6-14)26-18-10-16(21)9-17(22)11-18/h1-4,9-11,14H,5-8,12H2,(H,23,25). The van der Waals surface area contributed by atoms with Gasteiger partial charge in [-0.25, -0.2) is 4.31 Å². The second-order valence-electron chi connectivity index (χ2n) is 6.24. The van der Waals surface area contributed by atoms with Crippen molar-refractivity contribution in [2.24, 2.45) is 5.92 Å². The first kappa shape index (κ1) is 19.8. The van der Waals surface area contributed by atoms with Crippen LogP contribution in [0.15, 0.2) is 47.4 Å². The van der Waals surface area contributed by atoms with Crippen molar-refractivity contribution in [1.29, 1.82) is 0 Å². The Hall–Kier alpha value is -0.910. The number of piperidine rings is 1. The number of carbonyl (C=O) groups is 1. The Morgan fingerprint density at radius 2 is 1.62 bits per heavy atom. The van der Waals surface area contributed by atoms with Crippen LogP contribution in [-0.4, -0.2) is 23.3 Å². The van der Waals surface area contributed by atoms with Crippen molar-refractivity contribution < 1.29 is 4.79 Å². The van der Waals surface area contributed by atoms with Crippen LogP contribution < -0.4 is 5.32 Å². The molecule has 2 aromatic carbocycles. The quantitative estimate of drug-likeness (QED) is 0.620. The maximum Gasteiger partial charge on any atom is 0.223 e. The molecule has 1 aliphatic rings. The maximum atomic E-state index is 12.4. The third-order valence-electron chi connectivity index (χ3n) is 4.28. The second kappa shape index (κ2) is 9.34. The van der Waals surface area contributed by atoms with Crippen LogP contribution in [-0.2, 0) is 11.3 Å². The fourth-order valence-electron chi connectivity index (χ4n) is 2.88. The van der Waals surface area contributed by atoms with E-state index in [9.17, 15) is 4.79 Å². The molecule has 1 aliphatic heterocycles. The molecule has 1 heterocycles. The van der Waals surface area contributed by atoms with E-state index in [1.165, 1.54) is 0 Å². The van der Waals surface area contributed by atoms with E-state index in [0.717, 1.165) is 36.4 Å². The van der Waals surface area contributed by atoms with Gasteiger partial charge in [-0.15, -0.1) is 0 Å². The molecule has 1 amide bonds. The average molecular weight is 430 g/mol. The summed E-state index contributed by atoms with van der Waals surface area (Å²) >= 11 is 19.6. The van der Waals surface area contributed by atoms with Crippen LogP contribution in [0.4, 0.5) is 0 Å². The topological polar surface area (TPSA) is 32.3 Å². The normalized spacial score (nSPS) is 15.8. The summed E-state index contributed by atoms with van der Waals surface area (Å²) in [6, 6.07) is 13.1. The van der Waals surface area contributed by atoms with Crippen LogP contribution in [0, 0.1) is 5.92 Å². The minimum atomic E-state index is 0.0575. The molecular weight excluding hydrogens is 411 g/mol. The van der Waals surface area contributed by atoms with Crippen LogP contribution in [0.5, 0.6) is 0 Å². The van der Waals surface area contributed by atoms with E-state index in [1.54, 1.807) is 18.0 Å². The van der Waals surface area contributed by atoms with E-state index < -0.39 is 0 Å². The van der Waals surface area contributed by atoms with Gasteiger partial charge in [0.2, 0.25) is 5.91 Å². The van der Waals surface area contributed by atoms with Crippen molar-refractivity contribution >= 4 is 52.7 Å². The lowest BCUT2D eigenvalue weighted by Crippen LogP contribution is -2.37. The van der Waals surface area contributed by atoms with E-state index >= 15 is 0 Å². The lowest BCUT2D eigenvalue weighted by atomic mass is 9.97. The molecular formula is C19H19Cl3N2OS. The lowest BCUT2D eigenvalue weighted by molar-refractivity contribution is -0.126. The van der Waals surface area contributed by atoms with E-state index in [4.69, 9.17) is 34.8 Å². The first-order valence-electron chi connectivity index (χ1n) is 8.41. The number of hydrogen-bond donors (Lipinski definition) is 1. The van der Waals surface area contributed by atoms with Gasteiger partial charge in [0, 0.05) is 45.5 Å². The number of rotatable bonds is 5. The van der Waals surface area contributed by atoms with Gasteiger partial charge >= 0.3 is 0 Å². The van der Waals surface area contributed by atoms with Gasteiger partial charge in [-0.2, -0.15) is 0 Å². The van der Waals surface area contributed by atoms with Gasteiger partial charge in [-0.05, 0) is 60.7 Å². The number of carbonyl (C=O) groups excluding carboxylic acids is 1. The third-order valence-corrected chi connectivity index (χ3v) is 6.03. The van der Waals surface area contributed by atoms with Crippen LogP contribution in [0.25, 0.3) is 0 Å². The molecule has 0 aromatic heterocycles. The molecule has 1 fully saturated rings. The summed E-state index contributed by atoms with van der Waals surface area (Å²) < 4.78 is 2.25. The average Bonchev–Trinajstić information content (AvgIpc) is 2.61. The van der Waals surface area contributed by atoms with Crippen molar-refractivity contribution in [3.05, 3.63) is 63.1 Å². The van der Waals surface area contributed by atoms with Crippen molar-refractivity contribution in [2.45, 2.75) is 24.3 Å². The predicted molar refractivity (Wildman–Crippen MR) is 110 cm³/mol. The maximum absolute atomic E-state index is 12.4. The molecule has 26 heavy (non-hydrogen) atoms. The van der Waals surface area contributed by atoms with Crippen LogP contribution in [0.2, 0.25) is 15.1 Å². The van der Waals surface area contributed by atoms with Gasteiger partial charge in [-0.1, -0.05) is 46.9 Å². The molecule has 0 bridgehead atoms. The molecule has 1 saturated heterocycles. The fraction of sp³-hybridized carbons (Fsp3) is 0.316. The second-order valence-corrected chi connectivity index (χ2v) is 8.72. The van der Waals surface area contributed by atoms with Gasteiger partial charge in [0.05, 0.1) is 0 Å². The Morgan fingerprint density at radius 1 is 1.00 bits per heavy atom. The first-order valence-corrected chi connectivity index (χ1v) is 10.3. The molecule has 0 aliphatic carbocycles. The summed E-state index contributed by atoms with van der Waals surface area (Å²) in [7, 11) is 0. The number of halogens is 3. The molecule has 7 heteroatoms. The Labute approximate surface area is 173 Å². The van der Waals surface area contributed by atoms with Crippen LogP contribution >= 0.6 is 46.8 Å². The summed E-state index contributed by atoms with van der Waals surface area (Å²) in [5, 5.41) is 5.00. The van der Waals surface area contributed by atoms with Crippen LogP contribution in [0.3, 0.4) is 0 Å². The Kier molecular flexibility index (Phi) is 7.12. The Balaban J connectivity index is 1.45. The molecule has 3 nitrogen and oxygen atoms in total. The SMILES string of the molecule is O=C(NCc1ccc(Cl)cc1)C1CCN(Sc2cc(Cl)cc(Cl)c2)CC1. The number of amides is 1. The van der Waals surface area contributed by atoms with Gasteiger partial charge in [0.15, 0.2) is 0 Å². The highest BCUT2D eigenvalue weighted by Crippen LogP contribution is 2.32. The summed E-state index contributed by atoms with van der Waals surface area (Å²) in [5.74, 6) is 0.178. The molecule has 1 N–H and O–H groups in total. The molecule has 0 atom stereocenters. The minimum Gasteiger partial charge on any atom is -0.352 e. The number of benzene rings is 2. The van der Waals surface area contributed by atoms with Gasteiger partial charge < -0.3 is 5.32 Å². The first-order chi connectivity index (χ1) is 12.5.